The predicted octanol–water partition coefficient (Wildman–Crippen LogP) is 2.78. The second-order valence-corrected chi connectivity index (χ2v) is 6.50. The second-order valence-electron chi connectivity index (χ2n) is 6.11. The first-order valence-corrected chi connectivity index (χ1v) is 9.12. The lowest BCUT2D eigenvalue weighted by atomic mass is 10.1. The van der Waals surface area contributed by atoms with Crippen LogP contribution >= 0.6 is 12.2 Å². The van der Waals surface area contributed by atoms with E-state index < -0.39 is 17.6 Å². The van der Waals surface area contributed by atoms with Crippen LogP contribution in [-0.2, 0) is 9.59 Å². The Morgan fingerprint density at radius 2 is 1.90 bits per heavy atom. The van der Waals surface area contributed by atoms with Crippen LogP contribution in [0.1, 0.15) is 12.5 Å². The highest BCUT2D eigenvalue weighted by molar-refractivity contribution is 7.80. The number of hydrogen-bond acceptors (Lipinski definition) is 6. The average Bonchev–Trinajstić information content (AvgIpc) is 3.14. The van der Waals surface area contributed by atoms with E-state index in [2.05, 4.69) is 5.32 Å². The molecule has 0 aromatic heterocycles. The van der Waals surface area contributed by atoms with Gasteiger partial charge in [0.2, 0.25) is 6.79 Å². The van der Waals surface area contributed by atoms with Crippen molar-refractivity contribution in [2.45, 2.75) is 6.92 Å². The lowest BCUT2D eigenvalue weighted by Gasteiger charge is -2.29. The van der Waals surface area contributed by atoms with Gasteiger partial charge in [0.25, 0.3) is 11.8 Å². The molecule has 0 unspecified atom stereocenters. The fourth-order valence-corrected chi connectivity index (χ4v) is 3.25. The highest BCUT2D eigenvalue weighted by atomic mass is 32.1. The molecule has 4 rings (SSSR count). The van der Waals surface area contributed by atoms with Gasteiger partial charge in [0, 0.05) is 11.6 Å². The molecule has 2 aromatic rings. The number of carbonyl (C=O) groups excluding carboxylic acids is 2. The monoisotopic (exact) mass is 414 g/mol. The lowest BCUT2D eigenvalue weighted by Crippen LogP contribution is -2.54. The quantitative estimate of drug-likeness (QED) is 0.471. The van der Waals surface area contributed by atoms with E-state index in [0.29, 0.717) is 35.1 Å². The number of nitrogens with one attached hydrogen (secondary N) is 1. The molecule has 2 aliphatic rings. The second kappa shape index (κ2) is 7.51. The van der Waals surface area contributed by atoms with Crippen molar-refractivity contribution in [3.8, 4) is 17.2 Å². The Morgan fingerprint density at radius 1 is 1.21 bits per heavy atom. The van der Waals surface area contributed by atoms with E-state index in [9.17, 15) is 14.0 Å². The van der Waals surface area contributed by atoms with Crippen LogP contribution in [0.3, 0.4) is 0 Å². The molecular weight excluding hydrogens is 399 g/mol. The van der Waals surface area contributed by atoms with Crippen molar-refractivity contribution in [1.82, 2.24) is 5.32 Å². The Hall–Kier alpha value is -3.46. The molecule has 0 saturated carbocycles. The van der Waals surface area contributed by atoms with Gasteiger partial charge in [-0.3, -0.25) is 19.8 Å². The van der Waals surface area contributed by atoms with Gasteiger partial charge in [-0.2, -0.15) is 0 Å². The van der Waals surface area contributed by atoms with Gasteiger partial charge in [-0.05, 0) is 55.5 Å². The molecule has 0 radical (unpaired) electrons. The van der Waals surface area contributed by atoms with Crippen LogP contribution in [0.25, 0.3) is 6.08 Å². The largest absolute Gasteiger partial charge is 0.493 e. The molecule has 1 fully saturated rings. The number of hydrogen-bond donors (Lipinski definition) is 1. The summed E-state index contributed by atoms with van der Waals surface area (Å²) < 4.78 is 29.6. The standard InChI is InChI=1S/C20H15FN2O5S/c1-2-26-15-9-17-16(27-10-28-17)8-11(15)7-14-18(24)22-20(29)23(19(14)25)13-5-3-12(21)4-6-13/h3-9H,2,10H2,1H3,(H,22,24,29)/b14-7+. The third kappa shape index (κ3) is 3.52. The fraction of sp³-hybridized carbons (Fsp3) is 0.150. The van der Waals surface area contributed by atoms with Crippen molar-refractivity contribution < 1.29 is 28.2 Å². The zero-order chi connectivity index (χ0) is 20.5. The third-order valence-corrected chi connectivity index (χ3v) is 4.58. The van der Waals surface area contributed by atoms with Crippen LogP contribution in [0.2, 0.25) is 0 Å². The van der Waals surface area contributed by atoms with E-state index in [4.69, 9.17) is 26.4 Å². The zero-order valence-corrected chi connectivity index (χ0v) is 16.0. The highest BCUT2D eigenvalue weighted by Gasteiger charge is 2.35. The fourth-order valence-electron chi connectivity index (χ4n) is 2.97. The van der Waals surface area contributed by atoms with Gasteiger partial charge < -0.3 is 14.2 Å². The normalized spacial score (nSPS) is 17.0. The number of ether oxygens (including phenoxy) is 3. The number of anilines is 1. The summed E-state index contributed by atoms with van der Waals surface area (Å²) in [5.74, 6) is -0.292. The summed E-state index contributed by atoms with van der Waals surface area (Å²) in [6.45, 7) is 2.27. The Labute approximate surface area is 170 Å². The van der Waals surface area contributed by atoms with Gasteiger partial charge in [-0.15, -0.1) is 0 Å². The van der Waals surface area contributed by atoms with Crippen molar-refractivity contribution in [3.63, 3.8) is 0 Å². The Bertz CT molecular complexity index is 1050. The topological polar surface area (TPSA) is 77.1 Å². The number of halogens is 1. The summed E-state index contributed by atoms with van der Waals surface area (Å²) in [6.07, 6.45) is 1.41. The smallest absolute Gasteiger partial charge is 0.270 e. The van der Waals surface area contributed by atoms with Crippen LogP contribution in [0.5, 0.6) is 17.2 Å². The van der Waals surface area contributed by atoms with Crippen molar-refractivity contribution in [1.29, 1.82) is 0 Å². The number of nitrogens with zero attached hydrogens (tertiary/aromatic N) is 1. The van der Waals surface area contributed by atoms with Crippen LogP contribution in [0, 0.1) is 5.82 Å². The molecular formula is C20H15FN2O5S. The maximum atomic E-state index is 13.2. The molecule has 2 heterocycles. The van der Waals surface area contributed by atoms with Gasteiger partial charge in [0.1, 0.15) is 17.1 Å². The van der Waals surface area contributed by atoms with Crippen LogP contribution in [0.15, 0.2) is 42.0 Å². The SMILES string of the molecule is CCOc1cc2c(cc1/C=C1\C(=O)NC(=S)N(c3ccc(F)cc3)C1=O)OCO2. The summed E-state index contributed by atoms with van der Waals surface area (Å²) in [5, 5.41) is 2.40. The molecule has 1 saturated heterocycles. The Kier molecular flexibility index (Phi) is 4.89. The first kappa shape index (κ1) is 18.9. The molecule has 2 aromatic carbocycles. The van der Waals surface area contributed by atoms with Crippen LogP contribution in [0.4, 0.5) is 10.1 Å². The number of carbonyl (C=O) groups is 2. The molecule has 0 atom stereocenters. The van der Waals surface area contributed by atoms with Crippen LogP contribution < -0.4 is 24.4 Å². The van der Waals surface area contributed by atoms with Gasteiger partial charge in [0.05, 0.1) is 12.3 Å². The summed E-state index contributed by atoms with van der Waals surface area (Å²) in [6, 6.07) is 8.50. The molecule has 0 aliphatic carbocycles. The summed E-state index contributed by atoms with van der Waals surface area (Å²) in [7, 11) is 0. The minimum atomic E-state index is -0.640. The van der Waals surface area contributed by atoms with E-state index in [1.165, 1.54) is 30.3 Å². The molecule has 2 amide bonds. The molecule has 9 heteroatoms. The van der Waals surface area contributed by atoms with E-state index in [1.54, 1.807) is 12.1 Å². The molecule has 7 nitrogen and oxygen atoms in total. The number of amides is 2. The average molecular weight is 414 g/mol. The van der Waals surface area contributed by atoms with Crippen molar-refractivity contribution in [2.75, 3.05) is 18.3 Å². The number of fused-ring (bicyclic) bond motifs is 1. The van der Waals surface area contributed by atoms with Gasteiger partial charge in [-0.25, -0.2) is 4.39 Å². The number of rotatable bonds is 4. The zero-order valence-electron chi connectivity index (χ0n) is 15.2. The van der Waals surface area contributed by atoms with Crippen molar-refractivity contribution in [3.05, 3.63) is 53.4 Å². The number of benzene rings is 2. The van der Waals surface area contributed by atoms with Gasteiger partial charge in [-0.1, -0.05) is 0 Å². The van der Waals surface area contributed by atoms with Gasteiger partial charge >= 0.3 is 0 Å². The predicted molar refractivity (Wildman–Crippen MR) is 106 cm³/mol. The van der Waals surface area contributed by atoms with E-state index in [0.717, 1.165) is 4.90 Å². The van der Waals surface area contributed by atoms with Crippen molar-refractivity contribution in [2.24, 2.45) is 0 Å². The van der Waals surface area contributed by atoms with E-state index >= 15 is 0 Å². The Balaban J connectivity index is 1.76. The van der Waals surface area contributed by atoms with Crippen molar-refractivity contribution >= 4 is 40.9 Å². The van der Waals surface area contributed by atoms with E-state index in [-0.39, 0.29) is 17.5 Å². The molecule has 1 N–H and O–H groups in total. The summed E-state index contributed by atoms with van der Waals surface area (Å²) in [4.78, 5) is 26.7. The minimum absolute atomic E-state index is 0.0763. The van der Waals surface area contributed by atoms with Gasteiger partial charge in [0.15, 0.2) is 16.6 Å². The Morgan fingerprint density at radius 3 is 2.59 bits per heavy atom. The molecule has 29 heavy (non-hydrogen) atoms. The van der Waals surface area contributed by atoms with Crippen LogP contribution in [-0.4, -0.2) is 30.3 Å². The maximum Gasteiger partial charge on any atom is 0.270 e. The minimum Gasteiger partial charge on any atom is -0.493 e. The molecule has 0 bridgehead atoms. The number of thiocarbonyl (C=S) groups is 1. The first-order chi connectivity index (χ1) is 14.0. The first-order valence-electron chi connectivity index (χ1n) is 8.71. The third-order valence-electron chi connectivity index (χ3n) is 4.29. The molecule has 148 valence electrons. The maximum absolute atomic E-state index is 13.2. The molecule has 2 aliphatic heterocycles. The summed E-state index contributed by atoms with van der Waals surface area (Å²) >= 11 is 5.14. The molecule has 0 spiro atoms. The highest BCUT2D eigenvalue weighted by Crippen LogP contribution is 2.39. The summed E-state index contributed by atoms with van der Waals surface area (Å²) in [5.41, 5.74) is 0.659. The van der Waals surface area contributed by atoms with E-state index in [1.807, 2.05) is 6.92 Å². The lowest BCUT2D eigenvalue weighted by molar-refractivity contribution is -0.122.